The number of benzene rings is 1. The maximum absolute atomic E-state index is 10.7. The van der Waals surface area contributed by atoms with Crippen LogP contribution in [0.1, 0.15) is 37.8 Å². The molecule has 0 bridgehead atoms. The Hall–Kier alpha value is -1.46. The Bertz CT molecular complexity index is 450. The molecule has 0 saturated heterocycles. The highest BCUT2D eigenvalue weighted by molar-refractivity contribution is 5.35. The minimum atomic E-state index is -0.378. The Morgan fingerprint density at radius 3 is 2.95 bits per heavy atom. The van der Waals surface area contributed by atoms with Gasteiger partial charge in [0.1, 0.15) is 0 Å². The summed E-state index contributed by atoms with van der Waals surface area (Å²) in [6.07, 6.45) is 2.82. The van der Waals surface area contributed by atoms with Gasteiger partial charge in [-0.3, -0.25) is 10.1 Å². The molecule has 0 radical (unpaired) electrons. The number of nitrogens with one attached hydrogen (secondary N) is 1. The van der Waals surface area contributed by atoms with Crippen molar-refractivity contribution in [1.29, 1.82) is 0 Å². The number of non-ortho nitro benzene ring substituents is 1. The van der Waals surface area contributed by atoms with Gasteiger partial charge in [0.2, 0.25) is 0 Å². The van der Waals surface area contributed by atoms with E-state index in [1.54, 1.807) is 12.1 Å². The molecule has 2 N–H and O–H groups in total. The zero-order valence-electron chi connectivity index (χ0n) is 11.1. The summed E-state index contributed by atoms with van der Waals surface area (Å²) in [5.41, 5.74) is 1.02. The van der Waals surface area contributed by atoms with Crippen LogP contribution in [0.5, 0.6) is 0 Å². The average molecular weight is 264 g/mol. The number of nitro groups is 1. The van der Waals surface area contributed by atoms with Crippen LogP contribution in [-0.2, 0) is 0 Å². The molecule has 1 aromatic carbocycles. The predicted octanol–water partition coefficient (Wildman–Crippen LogP) is 2.41. The molecule has 19 heavy (non-hydrogen) atoms. The molecular weight excluding hydrogens is 244 g/mol. The van der Waals surface area contributed by atoms with Crippen LogP contribution in [0.3, 0.4) is 0 Å². The number of aliphatic hydroxyl groups is 1. The first-order valence-corrected chi connectivity index (χ1v) is 6.73. The van der Waals surface area contributed by atoms with E-state index in [-0.39, 0.29) is 22.8 Å². The largest absolute Gasteiger partial charge is 0.393 e. The topological polar surface area (TPSA) is 75.4 Å². The molecule has 0 amide bonds. The standard InChI is InChI=1S/C14H20N2O3/c1-10(15-9-12-5-3-7-14(12)17)11-4-2-6-13(8-11)16(18)19/h2,4,6,8,10,12,14-15,17H,3,5,7,9H2,1H3. The minimum absolute atomic E-state index is 0.0488. The van der Waals surface area contributed by atoms with Crippen molar-refractivity contribution in [3.63, 3.8) is 0 Å². The molecule has 5 nitrogen and oxygen atoms in total. The highest BCUT2D eigenvalue weighted by Gasteiger charge is 2.25. The number of aliphatic hydroxyl groups excluding tert-OH is 1. The zero-order chi connectivity index (χ0) is 13.8. The maximum atomic E-state index is 10.7. The van der Waals surface area contributed by atoms with E-state index in [1.807, 2.05) is 13.0 Å². The lowest BCUT2D eigenvalue weighted by molar-refractivity contribution is -0.384. The highest BCUT2D eigenvalue weighted by atomic mass is 16.6. The Morgan fingerprint density at radius 2 is 2.32 bits per heavy atom. The predicted molar refractivity (Wildman–Crippen MR) is 72.9 cm³/mol. The van der Waals surface area contributed by atoms with Gasteiger partial charge in [0.15, 0.2) is 0 Å². The van der Waals surface area contributed by atoms with Gasteiger partial charge in [-0.05, 0) is 31.2 Å². The van der Waals surface area contributed by atoms with Crippen LogP contribution in [0.15, 0.2) is 24.3 Å². The molecule has 104 valence electrons. The maximum Gasteiger partial charge on any atom is 0.269 e. The molecule has 0 heterocycles. The summed E-state index contributed by atoms with van der Waals surface area (Å²) in [5, 5.41) is 23.9. The van der Waals surface area contributed by atoms with E-state index in [0.29, 0.717) is 5.92 Å². The van der Waals surface area contributed by atoms with Gasteiger partial charge in [0, 0.05) is 24.7 Å². The molecule has 0 aromatic heterocycles. The van der Waals surface area contributed by atoms with Crippen molar-refractivity contribution in [2.45, 2.75) is 38.3 Å². The molecule has 1 aliphatic rings. The van der Waals surface area contributed by atoms with Gasteiger partial charge in [-0.25, -0.2) is 0 Å². The molecule has 3 unspecified atom stereocenters. The molecule has 5 heteroatoms. The highest BCUT2D eigenvalue weighted by Crippen LogP contribution is 2.26. The quantitative estimate of drug-likeness (QED) is 0.632. The van der Waals surface area contributed by atoms with E-state index in [0.717, 1.165) is 31.4 Å². The van der Waals surface area contributed by atoms with Crippen LogP contribution in [0.4, 0.5) is 5.69 Å². The summed E-state index contributed by atoms with van der Waals surface area (Å²) < 4.78 is 0. The van der Waals surface area contributed by atoms with E-state index < -0.39 is 0 Å². The summed E-state index contributed by atoms with van der Waals surface area (Å²) in [6, 6.07) is 6.73. The minimum Gasteiger partial charge on any atom is -0.393 e. The first-order chi connectivity index (χ1) is 9.08. The number of rotatable bonds is 5. The van der Waals surface area contributed by atoms with Gasteiger partial charge in [0.25, 0.3) is 5.69 Å². The van der Waals surface area contributed by atoms with E-state index >= 15 is 0 Å². The fourth-order valence-corrected chi connectivity index (χ4v) is 2.61. The fraction of sp³-hybridized carbons (Fsp3) is 0.571. The van der Waals surface area contributed by atoms with Crippen LogP contribution in [0.25, 0.3) is 0 Å². The Balaban J connectivity index is 1.93. The van der Waals surface area contributed by atoms with Gasteiger partial charge < -0.3 is 10.4 Å². The zero-order valence-corrected chi connectivity index (χ0v) is 11.1. The monoisotopic (exact) mass is 264 g/mol. The van der Waals surface area contributed by atoms with Crippen molar-refractivity contribution in [2.24, 2.45) is 5.92 Å². The van der Waals surface area contributed by atoms with Crippen molar-refractivity contribution < 1.29 is 10.0 Å². The van der Waals surface area contributed by atoms with E-state index in [1.165, 1.54) is 6.07 Å². The molecule has 0 aliphatic heterocycles. The lowest BCUT2D eigenvalue weighted by atomic mass is 10.0. The second-order valence-electron chi connectivity index (χ2n) is 5.24. The number of hydrogen-bond donors (Lipinski definition) is 2. The number of nitrogens with zero attached hydrogens (tertiary/aromatic N) is 1. The Kier molecular flexibility index (Phi) is 4.50. The van der Waals surface area contributed by atoms with Gasteiger partial charge in [-0.15, -0.1) is 0 Å². The summed E-state index contributed by atoms with van der Waals surface area (Å²) in [6.45, 7) is 2.74. The molecule has 1 aliphatic carbocycles. The Labute approximate surface area is 112 Å². The average Bonchev–Trinajstić information content (AvgIpc) is 2.81. The summed E-state index contributed by atoms with van der Waals surface area (Å²) >= 11 is 0. The fourth-order valence-electron chi connectivity index (χ4n) is 2.61. The van der Waals surface area contributed by atoms with Crippen molar-refractivity contribution in [3.8, 4) is 0 Å². The third kappa shape index (κ3) is 3.52. The van der Waals surface area contributed by atoms with Crippen LogP contribution >= 0.6 is 0 Å². The molecule has 1 saturated carbocycles. The lowest BCUT2D eigenvalue weighted by Gasteiger charge is -2.19. The van der Waals surface area contributed by atoms with Crippen molar-refractivity contribution in [3.05, 3.63) is 39.9 Å². The van der Waals surface area contributed by atoms with Gasteiger partial charge in [-0.1, -0.05) is 18.6 Å². The smallest absolute Gasteiger partial charge is 0.269 e. The first kappa shape index (κ1) is 14.0. The normalized spacial score (nSPS) is 24.3. The summed E-state index contributed by atoms with van der Waals surface area (Å²) in [7, 11) is 0. The molecule has 2 rings (SSSR count). The lowest BCUT2D eigenvalue weighted by Crippen LogP contribution is -2.29. The third-order valence-corrected chi connectivity index (χ3v) is 3.89. The third-order valence-electron chi connectivity index (χ3n) is 3.89. The van der Waals surface area contributed by atoms with Crippen molar-refractivity contribution in [2.75, 3.05) is 6.54 Å². The van der Waals surface area contributed by atoms with E-state index in [2.05, 4.69) is 5.32 Å². The summed E-state index contributed by atoms with van der Waals surface area (Å²) in [5.74, 6) is 0.307. The Morgan fingerprint density at radius 1 is 1.53 bits per heavy atom. The molecule has 1 fully saturated rings. The van der Waals surface area contributed by atoms with Crippen LogP contribution < -0.4 is 5.32 Å². The molecule has 0 spiro atoms. The molecular formula is C14H20N2O3. The van der Waals surface area contributed by atoms with Gasteiger partial charge in [0.05, 0.1) is 11.0 Å². The van der Waals surface area contributed by atoms with Crippen LogP contribution in [0.2, 0.25) is 0 Å². The van der Waals surface area contributed by atoms with Crippen molar-refractivity contribution >= 4 is 5.69 Å². The van der Waals surface area contributed by atoms with E-state index in [9.17, 15) is 15.2 Å². The van der Waals surface area contributed by atoms with Crippen molar-refractivity contribution in [1.82, 2.24) is 5.32 Å². The number of hydrogen-bond acceptors (Lipinski definition) is 4. The second-order valence-corrected chi connectivity index (χ2v) is 5.24. The number of nitro benzene ring substituents is 1. The first-order valence-electron chi connectivity index (χ1n) is 6.73. The summed E-state index contributed by atoms with van der Waals surface area (Å²) in [4.78, 5) is 10.4. The van der Waals surface area contributed by atoms with Crippen LogP contribution in [0, 0.1) is 16.0 Å². The van der Waals surface area contributed by atoms with Gasteiger partial charge in [-0.2, -0.15) is 0 Å². The van der Waals surface area contributed by atoms with Crippen LogP contribution in [-0.4, -0.2) is 22.7 Å². The SMILES string of the molecule is CC(NCC1CCCC1O)c1cccc([N+](=O)[O-])c1. The van der Waals surface area contributed by atoms with E-state index in [4.69, 9.17) is 0 Å². The molecule has 3 atom stereocenters. The van der Waals surface area contributed by atoms with Gasteiger partial charge >= 0.3 is 0 Å². The molecule has 1 aromatic rings. The second kappa shape index (κ2) is 6.12.